The van der Waals surface area contributed by atoms with Crippen LogP contribution in [0.1, 0.15) is 28.7 Å². The van der Waals surface area contributed by atoms with Crippen LogP contribution in [0.25, 0.3) is 11.1 Å². The van der Waals surface area contributed by atoms with Gasteiger partial charge in [0.2, 0.25) is 0 Å². The van der Waals surface area contributed by atoms with Gasteiger partial charge in [0.15, 0.2) is 5.58 Å². The van der Waals surface area contributed by atoms with Crippen LogP contribution in [-0.2, 0) is 6.54 Å². The number of aromatic nitrogens is 1. The lowest BCUT2D eigenvalue weighted by Gasteiger charge is -2.34. The van der Waals surface area contributed by atoms with Gasteiger partial charge in [-0.25, -0.2) is 0 Å². The van der Waals surface area contributed by atoms with Crippen molar-refractivity contribution in [3.05, 3.63) is 63.5 Å². The summed E-state index contributed by atoms with van der Waals surface area (Å²) in [5, 5.41) is 11.1. The van der Waals surface area contributed by atoms with Crippen LogP contribution in [0.2, 0.25) is 0 Å². The zero-order valence-corrected chi connectivity index (χ0v) is 16.6. The number of rotatable bonds is 5. The fourth-order valence-corrected chi connectivity index (χ4v) is 3.89. The second-order valence-electron chi connectivity index (χ2n) is 7.38. The molecule has 1 amide bonds. The number of nitro benzene ring substituents is 1. The van der Waals surface area contributed by atoms with E-state index < -0.39 is 4.92 Å². The number of amides is 1. The number of benzene rings is 1. The van der Waals surface area contributed by atoms with Gasteiger partial charge in [0, 0.05) is 57.0 Å². The molecule has 0 spiro atoms. The zero-order valence-electron chi connectivity index (χ0n) is 16.6. The van der Waals surface area contributed by atoms with E-state index in [4.69, 9.17) is 4.42 Å². The van der Waals surface area contributed by atoms with Gasteiger partial charge in [-0.1, -0.05) is 19.1 Å². The fraction of sp³-hybridized carbons (Fsp3) is 0.381. The molecule has 0 aliphatic carbocycles. The Kier molecular flexibility index (Phi) is 5.10. The molecule has 1 saturated heterocycles. The van der Waals surface area contributed by atoms with E-state index in [0.717, 1.165) is 36.5 Å². The Morgan fingerprint density at radius 3 is 2.62 bits per heavy atom. The Bertz CT molecular complexity index is 1060. The molecule has 0 bridgehead atoms. The highest BCUT2D eigenvalue weighted by Gasteiger charge is 2.26. The van der Waals surface area contributed by atoms with Gasteiger partial charge >= 0.3 is 0 Å². The number of furan rings is 1. The third-order valence-electron chi connectivity index (χ3n) is 5.50. The summed E-state index contributed by atoms with van der Waals surface area (Å²) < 4.78 is 7.66. The molecule has 29 heavy (non-hydrogen) atoms. The molecule has 1 aliphatic heterocycles. The van der Waals surface area contributed by atoms with Crippen molar-refractivity contribution in [3.8, 4) is 0 Å². The largest absolute Gasteiger partial charge is 0.460 e. The molecule has 1 aliphatic rings. The zero-order chi connectivity index (χ0) is 20.5. The molecule has 3 heterocycles. The Hall–Kier alpha value is -3.13. The minimum atomic E-state index is -0.407. The SMILES string of the molecule is CCN1CCN(C(=O)c2cc3oc(C)cc3n2Cc2cccc([N+](=O)[O-])c2)CC1. The van der Waals surface area contributed by atoms with Crippen LogP contribution in [0.5, 0.6) is 0 Å². The van der Waals surface area contributed by atoms with Gasteiger partial charge in [-0.2, -0.15) is 0 Å². The van der Waals surface area contributed by atoms with Crippen molar-refractivity contribution in [2.45, 2.75) is 20.4 Å². The third kappa shape index (κ3) is 3.75. The van der Waals surface area contributed by atoms with Gasteiger partial charge < -0.3 is 18.8 Å². The van der Waals surface area contributed by atoms with Crippen molar-refractivity contribution < 1.29 is 14.1 Å². The Morgan fingerprint density at radius 1 is 1.17 bits per heavy atom. The average Bonchev–Trinajstić information content (AvgIpc) is 3.24. The number of nitrogens with zero attached hydrogens (tertiary/aromatic N) is 4. The van der Waals surface area contributed by atoms with E-state index in [2.05, 4.69) is 11.8 Å². The van der Waals surface area contributed by atoms with Crippen molar-refractivity contribution >= 4 is 22.7 Å². The molecule has 3 aromatic rings. The van der Waals surface area contributed by atoms with Crippen LogP contribution in [0.15, 0.2) is 40.8 Å². The van der Waals surface area contributed by atoms with E-state index in [1.54, 1.807) is 18.2 Å². The molecular weight excluding hydrogens is 372 g/mol. The van der Waals surface area contributed by atoms with E-state index in [0.29, 0.717) is 30.9 Å². The molecule has 1 fully saturated rings. The van der Waals surface area contributed by atoms with Gasteiger partial charge in [-0.05, 0) is 19.0 Å². The summed E-state index contributed by atoms with van der Waals surface area (Å²) in [6, 6.07) is 10.2. The number of hydrogen-bond acceptors (Lipinski definition) is 5. The van der Waals surface area contributed by atoms with Crippen LogP contribution in [0.3, 0.4) is 0 Å². The summed E-state index contributed by atoms with van der Waals surface area (Å²) >= 11 is 0. The number of aryl methyl sites for hydroxylation is 1. The van der Waals surface area contributed by atoms with E-state index in [1.165, 1.54) is 6.07 Å². The van der Waals surface area contributed by atoms with Crippen LogP contribution in [0.4, 0.5) is 5.69 Å². The van der Waals surface area contributed by atoms with Crippen LogP contribution in [-0.4, -0.2) is 57.9 Å². The van der Waals surface area contributed by atoms with E-state index in [9.17, 15) is 14.9 Å². The molecule has 8 nitrogen and oxygen atoms in total. The number of carbonyl (C=O) groups is 1. The lowest BCUT2D eigenvalue weighted by Crippen LogP contribution is -2.48. The summed E-state index contributed by atoms with van der Waals surface area (Å²) in [5.74, 6) is 0.730. The molecule has 0 radical (unpaired) electrons. The molecule has 8 heteroatoms. The highest BCUT2D eigenvalue weighted by atomic mass is 16.6. The lowest BCUT2D eigenvalue weighted by atomic mass is 10.2. The first-order valence-corrected chi connectivity index (χ1v) is 9.81. The maximum absolute atomic E-state index is 13.3. The second-order valence-corrected chi connectivity index (χ2v) is 7.38. The molecule has 0 unspecified atom stereocenters. The van der Waals surface area contributed by atoms with Gasteiger partial charge in [-0.3, -0.25) is 14.9 Å². The first kappa shape index (κ1) is 19.2. The summed E-state index contributed by atoms with van der Waals surface area (Å²) in [7, 11) is 0. The maximum Gasteiger partial charge on any atom is 0.270 e. The topological polar surface area (TPSA) is 84.8 Å². The standard InChI is InChI=1S/C21H24N4O4/c1-3-22-7-9-23(10-8-22)21(26)19-13-20-18(11-15(2)29-20)24(19)14-16-5-4-6-17(12-16)25(27)28/h4-6,11-13H,3,7-10,14H2,1-2H3. The molecule has 0 atom stereocenters. The van der Waals surface area contributed by atoms with E-state index >= 15 is 0 Å². The van der Waals surface area contributed by atoms with Crippen molar-refractivity contribution in [3.63, 3.8) is 0 Å². The summed E-state index contributed by atoms with van der Waals surface area (Å²) in [4.78, 5) is 28.2. The highest BCUT2D eigenvalue weighted by molar-refractivity contribution is 5.97. The van der Waals surface area contributed by atoms with Crippen LogP contribution in [0, 0.1) is 17.0 Å². The monoisotopic (exact) mass is 396 g/mol. The number of non-ortho nitro benzene ring substituents is 1. The average molecular weight is 396 g/mol. The van der Waals surface area contributed by atoms with Gasteiger partial charge in [0.25, 0.3) is 11.6 Å². The number of fused-ring (bicyclic) bond motifs is 1. The summed E-state index contributed by atoms with van der Waals surface area (Å²) in [6.45, 7) is 8.44. The van der Waals surface area contributed by atoms with Crippen molar-refractivity contribution in [2.75, 3.05) is 32.7 Å². The predicted octanol–water partition coefficient (Wildman–Crippen LogP) is 3.28. The minimum absolute atomic E-state index is 0.0322. The first-order valence-electron chi connectivity index (χ1n) is 9.81. The summed E-state index contributed by atoms with van der Waals surface area (Å²) in [5.41, 5.74) is 2.83. The second kappa shape index (κ2) is 7.71. The first-order chi connectivity index (χ1) is 14.0. The molecule has 1 aromatic carbocycles. The van der Waals surface area contributed by atoms with Gasteiger partial charge in [0.05, 0.1) is 10.4 Å². The minimum Gasteiger partial charge on any atom is -0.460 e. The molecular formula is C21H24N4O4. The predicted molar refractivity (Wildman–Crippen MR) is 109 cm³/mol. The Balaban J connectivity index is 1.68. The number of piperazine rings is 1. The fourth-order valence-electron chi connectivity index (χ4n) is 3.89. The number of hydrogen-bond donors (Lipinski definition) is 0. The third-order valence-corrected chi connectivity index (χ3v) is 5.50. The molecule has 4 rings (SSSR count). The highest BCUT2D eigenvalue weighted by Crippen LogP contribution is 2.27. The van der Waals surface area contributed by atoms with E-state index in [-0.39, 0.29) is 11.6 Å². The molecule has 0 saturated carbocycles. The lowest BCUT2D eigenvalue weighted by molar-refractivity contribution is -0.384. The molecule has 0 N–H and O–H groups in total. The summed E-state index contributed by atoms with van der Waals surface area (Å²) in [6.07, 6.45) is 0. The maximum atomic E-state index is 13.3. The van der Waals surface area contributed by atoms with Gasteiger partial charge in [-0.15, -0.1) is 0 Å². The number of nitro groups is 1. The van der Waals surface area contributed by atoms with Crippen molar-refractivity contribution in [1.82, 2.24) is 14.4 Å². The quantitative estimate of drug-likeness (QED) is 0.488. The van der Waals surface area contributed by atoms with Crippen LogP contribution < -0.4 is 0 Å². The van der Waals surface area contributed by atoms with Crippen LogP contribution >= 0.6 is 0 Å². The van der Waals surface area contributed by atoms with E-state index in [1.807, 2.05) is 28.5 Å². The van der Waals surface area contributed by atoms with Crippen molar-refractivity contribution in [1.29, 1.82) is 0 Å². The normalized spacial score (nSPS) is 15.2. The Morgan fingerprint density at radius 2 is 1.93 bits per heavy atom. The number of likely N-dealkylation sites (N-methyl/N-ethyl adjacent to an activating group) is 1. The smallest absolute Gasteiger partial charge is 0.270 e. The number of carbonyl (C=O) groups excluding carboxylic acids is 1. The Labute approximate surface area is 168 Å². The molecule has 2 aromatic heterocycles. The van der Waals surface area contributed by atoms with Gasteiger partial charge in [0.1, 0.15) is 11.5 Å². The molecule has 152 valence electrons. The van der Waals surface area contributed by atoms with Crippen molar-refractivity contribution in [2.24, 2.45) is 0 Å².